The van der Waals surface area contributed by atoms with Crippen molar-refractivity contribution >= 4 is 23.0 Å². The van der Waals surface area contributed by atoms with Gasteiger partial charge in [-0.2, -0.15) is 0 Å². The average Bonchev–Trinajstić information content (AvgIpc) is 2.77. The fraction of sp³-hybridized carbons (Fsp3) is 0.0667. The lowest BCUT2D eigenvalue weighted by Gasteiger charge is -2.16. The number of benzene rings is 2. The number of rotatable bonds is 3. The second kappa shape index (κ2) is 4.70. The maximum absolute atomic E-state index is 11.7. The molecule has 0 radical (unpaired) electrons. The van der Waals surface area contributed by atoms with Crippen LogP contribution in [0.3, 0.4) is 0 Å². The normalized spacial score (nSPS) is 12.4. The highest BCUT2D eigenvalue weighted by Crippen LogP contribution is 2.27. The van der Waals surface area contributed by atoms with Gasteiger partial charge in [-0.3, -0.25) is 4.57 Å². The van der Waals surface area contributed by atoms with Gasteiger partial charge < -0.3 is 10.8 Å². The molecule has 1 heterocycles. The smallest absolute Gasteiger partial charge is 0.331 e. The van der Waals surface area contributed by atoms with Crippen LogP contribution in [-0.4, -0.2) is 20.6 Å². The standard InChI is InChI=1S/C15H13N3O2/c16-15-17-11-8-4-5-9-12(11)18(15)13(14(19)20)10-6-2-1-3-7-10/h1-9,13H,(H2,16,17)(H,19,20). The number of aromatic nitrogens is 2. The second-order valence-electron chi connectivity index (χ2n) is 4.48. The third-order valence-electron chi connectivity index (χ3n) is 3.23. The summed E-state index contributed by atoms with van der Waals surface area (Å²) in [5, 5.41) is 9.58. The third kappa shape index (κ3) is 1.89. The number of nitrogen functional groups attached to an aromatic ring is 1. The van der Waals surface area contributed by atoms with Gasteiger partial charge in [-0.05, 0) is 17.7 Å². The van der Waals surface area contributed by atoms with Crippen LogP contribution in [0.5, 0.6) is 0 Å². The molecule has 1 aromatic heterocycles. The highest BCUT2D eigenvalue weighted by Gasteiger charge is 2.25. The van der Waals surface area contributed by atoms with Crippen LogP contribution < -0.4 is 5.73 Å². The minimum absolute atomic E-state index is 0.197. The first-order valence-electron chi connectivity index (χ1n) is 6.18. The van der Waals surface area contributed by atoms with E-state index >= 15 is 0 Å². The van der Waals surface area contributed by atoms with E-state index in [2.05, 4.69) is 4.98 Å². The maximum Gasteiger partial charge on any atom is 0.331 e. The summed E-state index contributed by atoms with van der Waals surface area (Å²) in [5.41, 5.74) is 7.98. The number of nitrogens with zero attached hydrogens (tertiary/aromatic N) is 2. The lowest BCUT2D eigenvalue weighted by Crippen LogP contribution is -2.21. The molecule has 0 bridgehead atoms. The number of nitrogens with two attached hydrogens (primary N) is 1. The molecule has 1 unspecified atom stereocenters. The van der Waals surface area contributed by atoms with Crippen LogP contribution in [-0.2, 0) is 4.79 Å². The number of carboxylic acid groups (broad SMARTS) is 1. The number of carbonyl (C=O) groups is 1. The van der Waals surface area contributed by atoms with E-state index in [9.17, 15) is 9.90 Å². The first-order valence-corrected chi connectivity index (χ1v) is 6.18. The molecular formula is C15H13N3O2. The molecule has 20 heavy (non-hydrogen) atoms. The summed E-state index contributed by atoms with van der Waals surface area (Å²) in [6.45, 7) is 0. The number of imidazole rings is 1. The first kappa shape index (κ1) is 12.2. The summed E-state index contributed by atoms with van der Waals surface area (Å²) in [7, 11) is 0. The molecule has 100 valence electrons. The van der Waals surface area contributed by atoms with Crippen LogP contribution in [0, 0.1) is 0 Å². The summed E-state index contributed by atoms with van der Waals surface area (Å²) >= 11 is 0. The fourth-order valence-corrected chi connectivity index (χ4v) is 2.37. The Morgan fingerprint density at radius 2 is 1.75 bits per heavy atom. The monoisotopic (exact) mass is 267 g/mol. The Bertz CT molecular complexity index is 765. The summed E-state index contributed by atoms with van der Waals surface area (Å²) in [4.78, 5) is 15.9. The highest BCUT2D eigenvalue weighted by molar-refractivity contribution is 5.84. The Hall–Kier alpha value is -2.82. The molecular weight excluding hydrogens is 254 g/mol. The molecule has 3 aromatic rings. The molecule has 5 nitrogen and oxygen atoms in total. The van der Waals surface area contributed by atoms with Crippen LogP contribution in [0.4, 0.5) is 5.95 Å². The van der Waals surface area contributed by atoms with Crippen molar-refractivity contribution in [2.75, 3.05) is 5.73 Å². The zero-order chi connectivity index (χ0) is 14.1. The number of para-hydroxylation sites is 2. The summed E-state index contributed by atoms with van der Waals surface area (Å²) < 4.78 is 1.55. The number of anilines is 1. The quantitative estimate of drug-likeness (QED) is 0.763. The Balaban J connectivity index is 2.26. The van der Waals surface area contributed by atoms with Gasteiger partial charge in [-0.25, -0.2) is 9.78 Å². The molecule has 1 atom stereocenters. The predicted octanol–water partition coefficient (Wildman–Crippen LogP) is 2.29. The van der Waals surface area contributed by atoms with Crippen LogP contribution in [0.25, 0.3) is 11.0 Å². The molecule has 0 spiro atoms. The van der Waals surface area contributed by atoms with E-state index < -0.39 is 12.0 Å². The van der Waals surface area contributed by atoms with E-state index in [1.165, 1.54) is 0 Å². The van der Waals surface area contributed by atoms with Crippen molar-refractivity contribution in [1.29, 1.82) is 0 Å². The van der Waals surface area contributed by atoms with Crippen molar-refractivity contribution in [3.05, 3.63) is 60.2 Å². The van der Waals surface area contributed by atoms with Crippen LogP contribution >= 0.6 is 0 Å². The van der Waals surface area contributed by atoms with Crippen molar-refractivity contribution < 1.29 is 9.90 Å². The van der Waals surface area contributed by atoms with Gasteiger partial charge in [0, 0.05) is 0 Å². The molecule has 0 aliphatic heterocycles. The molecule has 0 saturated carbocycles. The molecule has 0 aliphatic rings. The van der Waals surface area contributed by atoms with Gasteiger partial charge in [0.2, 0.25) is 5.95 Å². The van der Waals surface area contributed by atoms with E-state index in [1.807, 2.05) is 30.3 Å². The molecule has 0 saturated heterocycles. The van der Waals surface area contributed by atoms with E-state index in [4.69, 9.17) is 5.73 Å². The maximum atomic E-state index is 11.7. The van der Waals surface area contributed by atoms with Gasteiger partial charge >= 0.3 is 5.97 Å². The van der Waals surface area contributed by atoms with E-state index in [-0.39, 0.29) is 5.95 Å². The lowest BCUT2D eigenvalue weighted by atomic mass is 10.1. The topological polar surface area (TPSA) is 81.1 Å². The molecule has 5 heteroatoms. The van der Waals surface area contributed by atoms with E-state index in [0.717, 1.165) is 0 Å². The van der Waals surface area contributed by atoms with Crippen LogP contribution in [0.15, 0.2) is 54.6 Å². The number of fused-ring (bicyclic) bond motifs is 1. The Labute approximate surface area is 115 Å². The predicted molar refractivity (Wildman–Crippen MR) is 76.4 cm³/mol. The fourth-order valence-electron chi connectivity index (χ4n) is 2.37. The lowest BCUT2D eigenvalue weighted by molar-refractivity contribution is -0.139. The number of aliphatic carboxylic acids is 1. The largest absolute Gasteiger partial charge is 0.479 e. The van der Waals surface area contributed by atoms with Gasteiger partial charge in [0.25, 0.3) is 0 Å². The van der Waals surface area contributed by atoms with Crippen LogP contribution in [0.2, 0.25) is 0 Å². The Morgan fingerprint density at radius 1 is 1.10 bits per heavy atom. The minimum atomic E-state index is -0.967. The van der Waals surface area contributed by atoms with Crippen molar-refractivity contribution in [2.45, 2.75) is 6.04 Å². The molecule has 0 fully saturated rings. The van der Waals surface area contributed by atoms with E-state index in [1.54, 1.807) is 28.8 Å². The molecule has 3 N–H and O–H groups in total. The minimum Gasteiger partial charge on any atom is -0.479 e. The number of carboxylic acids is 1. The van der Waals surface area contributed by atoms with Crippen LogP contribution in [0.1, 0.15) is 11.6 Å². The summed E-state index contributed by atoms with van der Waals surface area (Å²) in [6.07, 6.45) is 0. The zero-order valence-corrected chi connectivity index (χ0v) is 10.6. The molecule has 0 aliphatic carbocycles. The molecule has 3 rings (SSSR count). The van der Waals surface area contributed by atoms with Gasteiger partial charge in [0.05, 0.1) is 11.0 Å². The molecule has 0 amide bonds. The Kier molecular flexibility index (Phi) is 2.87. The molecule has 2 aromatic carbocycles. The summed E-state index contributed by atoms with van der Waals surface area (Å²) in [5.74, 6) is -0.770. The number of hydrogen-bond acceptors (Lipinski definition) is 3. The van der Waals surface area contributed by atoms with Gasteiger partial charge in [0.1, 0.15) is 0 Å². The van der Waals surface area contributed by atoms with E-state index in [0.29, 0.717) is 16.6 Å². The van der Waals surface area contributed by atoms with Crippen molar-refractivity contribution in [3.63, 3.8) is 0 Å². The van der Waals surface area contributed by atoms with Gasteiger partial charge in [-0.15, -0.1) is 0 Å². The first-order chi connectivity index (χ1) is 9.68. The van der Waals surface area contributed by atoms with Gasteiger partial charge in [0.15, 0.2) is 6.04 Å². The highest BCUT2D eigenvalue weighted by atomic mass is 16.4. The summed E-state index contributed by atoms with van der Waals surface area (Å²) in [6, 6.07) is 15.4. The number of hydrogen-bond donors (Lipinski definition) is 2. The van der Waals surface area contributed by atoms with Gasteiger partial charge in [-0.1, -0.05) is 42.5 Å². The third-order valence-corrected chi connectivity index (χ3v) is 3.23. The van der Waals surface area contributed by atoms with Crippen molar-refractivity contribution in [1.82, 2.24) is 9.55 Å². The second-order valence-corrected chi connectivity index (χ2v) is 4.48. The Morgan fingerprint density at radius 3 is 2.45 bits per heavy atom. The van der Waals surface area contributed by atoms with Crippen molar-refractivity contribution in [3.8, 4) is 0 Å². The zero-order valence-electron chi connectivity index (χ0n) is 10.6. The SMILES string of the molecule is Nc1nc2ccccc2n1C(C(=O)O)c1ccccc1. The average molecular weight is 267 g/mol. The van der Waals surface area contributed by atoms with Crippen molar-refractivity contribution in [2.24, 2.45) is 0 Å².